The van der Waals surface area contributed by atoms with E-state index in [1.54, 1.807) is 0 Å². The maximum absolute atomic E-state index is 9.74. The summed E-state index contributed by atoms with van der Waals surface area (Å²) >= 11 is 0. The number of hydrogen-bond donors (Lipinski definition) is 2. The first-order valence-electron chi connectivity index (χ1n) is 4.81. The molecule has 2 heteroatoms. The average molecular weight is 172 g/mol. The van der Waals surface area contributed by atoms with Crippen LogP contribution in [0.25, 0.3) is 0 Å². The lowest BCUT2D eigenvalue weighted by Gasteiger charge is -2.37. The Labute approximate surface area is 74.6 Å². The molecule has 1 saturated carbocycles. The number of aliphatic hydroxyl groups is 2. The molecule has 0 amide bonds. The number of aliphatic hydroxyl groups excluding tert-OH is 1. The maximum atomic E-state index is 9.74. The Balaban J connectivity index is 2.51. The molecule has 1 aliphatic carbocycles. The van der Waals surface area contributed by atoms with E-state index in [0.717, 1.165) is 19.3 Å². The molecule has 72 valence electrons. The van der Waals surface area contributed by atoms with Gasteiger partial charge in [-0.2, -0.15) is 0 Å². The van der Waals surface area contributed by atoms with Crippen molar-refractivity contribution in [3.8, 4) is 0 Å². The molecule has 1 aliphatic rings. The summed E-state index contributed by atoms with van der Waals surface area (Å²) in [7, 11) is 0. The van der Waals surface area contributed by atoms with Gasteiger partial charge in [0.15, 0.2) is 0 Å². The molecule has 0 bridgehead atoms. The Hall–Kier alpha value is -0.0800. The highest BCUT2D eigenvalue weighted by atomic mass is 16.3. The van der Waals surface area contributed by atoms with Crippen molar-refractivity contribution in [1.82, 2.24) is 0 Å². The van der Waals surface area contributed by atoms with Gasteiger partial charge in [-0.05, 0) is 44.9 Å². The van der Waals surface area contributed by atoms with Gasteiger partial charge in [0.1, 0.15) is 0 Å². The lowest BCUT2D eigenvalue weighted by Crippen LogP contribution is -2.39. The molecule has 0 heterocycles. The van der Waals surface area contributed by atoms with Gasteiger partial charge in [-0.15, -0.1) is 0 Å². The van der Waals surface area contributed by atoms with Crippen molar-refractivity contribution in [3.05, 3.63) is 0 Å². The molecule has 0 unspecified atom stereocenters. The Bertz CT molecular complexity index is 148. The summed E-state index contributed by atoms with van der Waals surface area (Å²) in [5.41, 5.74) is -0.624. The average Bonchev–Trinajstić information content (AvgIpc) is 1.92. The Morgan fingerprint density at radius 2 is 1.83 bits per heavy atom. The summed E-state index contributed by atoms with van der Waals surface area (Å²) in [6.45, 7) is 5.74. The molecule has 0 aromatic carbocycles. The first-order chi connectivity index (χ1) is 5.41. The van der Waals surface area contributed by atoms with Gasteiger partial charge in [-0.1, -0.05) is 6.92 Å². The molecule has 0 aromatic rings. The standard InChI is InChI=1S/C10H20O2/c1-7-4-5-8(6-9(7)11)10(2,3)12/h7-9,11-12H,4-6H2,1-3H3/t7-,8+,9-/m1/s1. The minimum absolute atomic E-state index is 0.213. The predicted molar refractivity (Wildman–Crippen MR) is 48.8 cm³/mol. The van der Waals surface area contributed by atoms with E-state index in [0.29, 0.717) is 5.92 Å². The van der Waals surface area contributed by atoms with E-state index in [9.17, 15) is 10.2 Å². The zero-order chi connectivity index (χ0) is 9.35. The lowest BCUT2D eigenvalue weighted by molar-refractivity contribution is -0.0443. The van der Waals surface area contributed by atoms with Crippen LogP contribution in [0.1, 0.15) is 40.0 Å². The van der Waals surface area contributed by atoms with Gasteiger partial charge < -0.3 is 10.2 Å². The van der Waals surface area contributed by atoms with Crippen molar-refractivity contribution in [1.29, 1.82) is 0 Å². The van der Waals surface area contributed by atoms with Crippen LogP contribution in [-0.2, 0) is 0 Å². The van der Waals surface area contributed by atoms with Crippen molar-refractivity contribution < 1.29 is 10.2 Å². The maximum Gasteiger partial charge on any atom is 0.0620 e. The number of hydrogen-bond acceptors (Lipinski definition) is 2. The lowest BCUT2D eigenvalue weighted by atomic mass is 9.74. The zero-order valence-electron chi connectivity index (χ0n) is 8.25. The summed E-state index contributed by atoms with van der Waals surface area (Å²) in [5, 5.41) is 19.3. The quantitative estimate of drug-likeness (QED) is 0.630. The van der Waals surface area contributed by atoms with E-state index in [1.165, 1.54) is 0 Å². The molecule has 0 spiro atoms. The molecule has 0 radical (unpaired) electrons. The molecule has 2 N–H and O–H groups in total. The SMILES string of the molecule is C[C@@H]1CC[C@H](C(C)(C)O)C[C@H]1O. The Morgan fingerprint density at radius 3 is 2.25 bits per heavy atom. The Morgan fingerprint density at radius 1 is 1.25 bits per heavy atom. The van der Waals surface area contributed by atoms with Crippen LogP contribution in [0.4, 0.5) is 0 Å². The van der Waals surface area contributed by atoms with E-state index >= 15 is 0 Å². The fraction of sp³-hybridized carbons (Fsp3) is 1.00. The third-order valence-electron chi connectivity index (χ3n) is 3.15. The van der Waals surface area contributed by atoms with Crippen molar-refractivity contribution in [3.63, 3.8) is 0 Å². The van der Waals surface area contributed by atoms with E-state index in [2.05, 4.69) is 6.92 Å². The number of rotatable bonds is 1. The van der Waals surface area contributed by atoms with Crippen LogP contribution < -0.4 is 0 Å². The normalized spacial score (nSPS) is 38.2. The van der Waals surface area contributed by atoms with Crippen molar-refractivity contribution in [2.24, 2.45) is 11.8 Å². The van der Waals surface area contributed by atoms with Crippen molar-refractivity contribution in [2.45, 2.75) is 51.7 Å². The molecule has 3 atom stereocenters. The second kappa shape index (κ2) is 3.35. The molecular weight excluding hydrogens is 152 g/mol. The second-order valence-electron chi connectivity index (χ2n) is 4.71. The van der Waals surface area contributed by atoms with Crippen LogP contribution >= 0.6 is 0 Å². The summed E-state index contributed by atoms with van der Waals surface area (Å²) in [6.07, 6.45) is 2.62. The monoisotopic (exact) mass is 172 g/mol. The summed E-state index contributed by atoms with van der Waals surface area (Å²) in [5.74, 6) is 0.673. The predicted octanol–water partition coefficient (Wildman–Crippen LogP) is 1.55. The molecule has 0 saturated heterocycles. The van der Waals surface area contributed by atoms with E-state index < -0.39 is 5.60 Å². The highest BCUT2D eigenvalue weighted by molar-refractivity contribution is 4.85. The fourth-order valence-electron chi connectivity index (χ4n) is 1.94. The largest absolute Gasteiger partial charge is 0.393 e. The minimum Gasteiger partial charge on any atom is -0.393 e. The third-order valence-corrected chi connectivity index (χ3v) is 3.15. The van der Waals surface area contributed by atoms with Crippen molar-refractivity contribution >= 4 is 0 Å². The van der Waals surface area contributed by atoms with Crippen LogP contribution in [0.3, 0.4) is 0 Å². The summed E-state index contributed by atoms with van der Waals surface area (Å²) in [4.78, 5) is 0. The van der Waals surface area contributed by atoms with Gasteiger partial charge in [0.25, 0.3) is 0 Å². The van der Waals surface area contributed by atoms with E-state index in [1.807, 2.05) is 13.8 Å². The minimum atomic E-state index is -0.624. The highest BCUT2D eigenvalue weighted by Gasteiger charge is 2.34. The van der Waals surface area contributed by atoms with Crippen LogP contribution in [0.2, 0.25) is 0 Å². The van der Waals surface area contributed by atoms with Crippen LogP contribution in [0.5, 0.6) is 0 Å². The Kier molecular flexibility index (Phi) is 2.79. The van der Waals surface area contributed by atoms with Gasteiger partial charge in [-0.25, -0.2) is 0 Å². The second-order valence-corrected chi connectivity index (χ2v) is 4.71. The van der Waals surface area contributed by atoms with Gasteiger partial charge in [-0.3, -0.25) is 0 Å². The topological polar surface area (TPSA) is 40.5 Å². The highest BCUT2D eigenvalue weighted by Crippen LogP contribution is 2.35. The molecule has 2 nitrogen and oxygen atoms in total. The van der Waals surface area contributed by atoms with Crippen LogP contribution in [0, 0.1) is 11.8 Å². The smallest absolute Gasteiger partial charge is 0.0620 e. The van der Waals surface area contributed by atoms with Gasteiger partial charge in [0.05, 0.1) is 11.7 Å². The van der Waals surface area contributed by atoms with Gasteiger partial charge in [0, 0.05) is 0 Å². The molecular formula is C10H20O2. The van der Waals surface area contributed by atoms with E-state index in [-0.39, 0.29) is 12.0 Å². The summed E-state index contributed by atoms with van der Waals surface area (Å²) in [6, 6.07) is 0. The zero-order valence-corrected chi connectivity index (χ0v) is 8.25. The van der Waals surface area contributed by atoms with Gasteiger partial charge in [0.2, 0.25) is 0 Å². The molecule has 12 heavy (non-hydrogen) atoms. The first kappa shape index (κ1) is 10.0. The molecule has 1 fully saturated rings. The molecule has 1 rings (SSSR count). The third kappa shape index (κ3) is 2.20. The summed E-state index contributed by atoms with van der Waals surface area (Å²) < 4.78 is 0. The molecule has 0 aromatic heterocycles. The molecule has 0 aliphatic heterocycles. The van der Waals surface area contributed by atoms with Crippen LogP contribution in [-0.4, -0.2) is 21.9 Å². The van der Waals surface area contributed by atoms with Crippen molar-refractivity contribution in [2.75, 3.05) is 0 Å². The van der Waals surface area contributed by atoms with Crippen LogP contribution in [0.15, 0.2) is 0 Å². The fourth-order valence-corrected chi connectivity index (χ4v) is 1.94. The van der Waals surface area contributed by atoms with Gasteiger partial charge >= 0.3 is 0 Å². The van der Waals surface area contributed by atoms with E-state index in [4.69, 9.17) is 0 Å². The first-order valence-corrected chi connectivity index (χ1v) is 4.81.